The number of nitrogens with one attached hydrogen (secondary N) is 1. The maximum Gasteiger partial charge on any atom is 0.323 e. The molecular formula is C16H32N2O2. The van der Waals surface area contributed by atoms with Crippen LogP contribution in [-0.2, 0) is 4.79 Å². The van der Waals surface area contributed by atoms with Crippen molar-refractivity contribution >= 4 is 5.97 Å². The van der Waals surface area contributed by atoms with E-state index in [4.69, 9.17) is 0 Å². The number of aliphatic carboxylic acids is 1. The van der Waals surface area contributed by atoms with E-state index in [9.17, 15) is 9.90 Å². The van der Waals surface area contributed by atoms with Crippen LogP contribution in [0.2, 0.25) is 0 Å². The molecule has 1 rings (SSSR count). The molecule has 0 heterocycles. The molecule has 0 saturated heterocycles. The van der Waals surface area contributed by atoms with Crippen LogP contribution in [0.3, 0.4) is 0 Å². The topological polar surface area (TPSA) is 52.6 Å². The lowest BCUT2D eigenvalue weighted by atomic mass is 9.94. The predicted octanol–water partition coefficient (Wildman–Crippen LogP) is 2.73. The highest BCUT2D eigenvalue weighted by Crippen LogP contribution is 2.25. The molecule has 0 spiro atoms. The SMILES string of the molecule is CN(CCCCC(C)(NC1CC1)C(=O)O)CC(C)(C)C. The lowest BCUT2D eigenvalue weighted by molar-refractivity contribution is -0.144. The zero-order chi connectivity index (χ0) is 15.4. The van der Waals surface area contributed by atoms with Crippen molar-refractivity contribution in [1.29, 1.82) is 0 Å². The minimum Gasteiger partial charge on any atom is -0.480 e. The van der Waals surface area contributed by atoms with Gasteiger partial charge in [-0.05, 0) is 58.0 Å². The fourth-order valence-corrected chi connectivity index (χ4v) is 2.67. The summed E-state index contributed by atoms with van der Waals surface area (Å²) >= 11 is 0. The fourth-order valence-electron chi connectivity index (χ4n) is 2.67. The summed E-state index contributed by atoms with van der Waals surface area (Å²) in [6.07, 6.45) is 4.97. The second kappa shape index (κ2) is 6.90. The third-order valence-electron chi connectivity index (χ3n) is 3.78. The van der Waals surface area contributed by atoms with Crippen LogP contribution in [0.5, 0.6) is 0 Å². The van der Waals surface area contributed by atoms with Crippen molar-refractivity contribution in [2.75, 3.05) is 20.1 Å². The maximum absolute atomic E-state index is 11.4. The number of unbranched alkanes of at least 4 members (excludes halogenated alkanes) is 1. The van der Waals surface area contributed by atoms with Gasteiger partial charge in [-0.2, -0.15) is 0 Å². The molecule has 1 aliphatic rings. The summed E-state index contributed by atoms with van der Waals surface area (Å²) < 4.78 is 0. The normalized spacial score (nSPS) is 19.1. The number of carboxylic acid groups (broad SMARTS) is 1. The Bertz CT molecular complexity index is 321. The second-order valence-corrected chi connectivity index (χ2v) is 7.81. The van der Waals surface area contributed by atoms with Crippen LogP contribution in [-0.4, -0.2) is 47.7 Å². The Kier molecular flexibility index (Phi) is 6.02. The van der Waals surface area contributed by atoms with Crippen molar-refractivity contribution in [3.8, 4) is 0 Å². The summed E-state index contributed by atoms with van der Waals surface area (Å²) in [6.45, 7) is 10.7. The molecule has 0 radical (unpaired) electrons. The summed E-state index contributed by atoms with van der Waals surface area (Å²) in [5, 5.41) is 12.7. The molecule has 0 aliphatic heterocycles. The zero-order valence-corrected chi connectivity index (χ0v) is 13.8. The van der Waals surface area contributed by atoms with Gasteiger partial charge in [-0.25, -0.2) is 0 Å². The minimum absolute atomic E-state index is 0.317. The van der Waals surface area contributed by atoms with Gasteiger partial charge in [-0.3, -0.25) is 10.1 Å². The van der Waals surface area contributed by atoms with Crippen LogP contribution in [0, 0.1) is 5.41 Å². The molecule has 1 fully saturated rings. The molecule has 1 atom stereocenters. The van der Waals surface area contributed by atoms with Crippen molar-refractivity contribution in [3.05, 3.63) is 0 Å². The second-order valence-electron chi connectivity index (χ2n) is 7.81. The van der Waals surface area contributed by atoms with Gasteiger partial charge in [0.2, 0.25) is 0 Å². The summed E-state index contributed by atoms with van der Waals surface area (Å²) in [5.41, 5.74) is -0.429. The van der Waals surface area contributed by atoms with E-state index < -0.39 is 11.5 Å². The fraction of sp³-hybridized carbons (Fsp3) is 0.938. The van der Waals surface area contributed by atoms with Gasteiger partial charge < -0.3 is 10.0 Å². The third-order valence-corrected chi connectivity index (χ3v) is 3.78. The van der Waals surface area contributed by atoms with Gasteiger partial charge >= 0.3 is 5.97 Å². The Balaban J connectivity index is 2.25. The molecule has 4 heteroatoms. The lowest BCUT2D eigenvalue weighted by Crippen LogP contribution is -2.50. The highest BCUT2D eigenvalue weighted by Gasteiger charge is 2.37. The summed E-state index contributed by atoms with van der Waals surface area (Å²) in [4.78, 5) is 13.8. The van der Waals surface area contributed by atoms with E-state index >= 15 is 0 Å². The molecular weight excluding hydrogens is 252 g/mol. The highest BCUT2D eigenvalue weighted by molar-refractivity contribution is 5.78. The number of rotatable bonds is 9. The van der Waals surface area contributed by atoms with E-state index in [1.165, 1.54) is 0 Å². The van der Waals surface area contributed by atoms with Crippen molar-refractivity contribution in [2.45, 2.75) is 71.4 Å². The molecule has 0 aromatic rings. The van der Waals surface area contributed by atoms with E-state index in [0.29, 0.717) is 17.9 Å². The predicted molar refractivity (Wildman–Crippen MR) is 83.0 cm³/mol. The Labute approximate surface area is 123 Å². The van der Waals surface area contributed by atoms with Crippen LogP contribution in [0.25, 0.3) is 0 Å². The average molecular weight is 284 g/mol. The largest absolute Gasteiger partial charge is 0.480 e. The molecule has 2 N–H and O–H groups in total. The molecule has 20 heavy (non-hydrogen) atoms. The van der Waals surface area contributed by atoms with Gasteiger partial charge in [0, 0.05) is 12.6 Å². The van der Waals surface area contributed by atoms with Gasteiger partial charge in [0.25, 0.3) is 0 Å². The lowest BCUT2D eigenvalue weighted by Gasteiger charge is -2.28. The monoisotopic (exact) mass is 284 g/mol. The van der Waals surface area contributed by atoms with Crippen molar-refractivity contribution in [1.82, 2.24) is 10.2 Å². The quantitative estimate of drug-likeness (QED) is 0.639. The van der Waals surface area contributed by atoms with Crippen molar-refractivity contribution in [2.24, 2.45) is 5.41 Å². The number of carboxylic acids is 1. The van der Waals surface area contributed by atoms with Crippen LogP contribution in [0.4, 0.5) is 0 Å². The van der Waals surface area contributed by atoms with Gasteiger partial charge in [-0.1, -0.05) is 20.8 Å². The Morgan fingerprint density at radius 2 is 1.85 bits per heavy atom. The molecule has 1 unspecified atom stereocenters. The molecule has 0 bridgehead atoms. The summed E-state index contributed by atoms with van der Waals surface area (Å²) in [7, 11) is 2.14. The van der Waals surface area contributed by atoms with E-state index in [0.717, 1.165) is 38.8 Å². The first kappa shape index (κ1) is 17.4. The first-order valence-electron chi connectivity index (χ1n) is 7.82. The molecule has 0 aromatic heterocycles. The number of hydrogen-bond donors (Lipinski definition) is 2. The van der Waals surface area contributed by atoms with Gasteiger partial charge in [0.05, 0.1) is 0 Å². The third kappa shape index (κ3) is 6.71. The maximum atomic E-state index is 11.4. The molecule has 0 amide bonds. The zero-order valence-electron chi connectivity index (χ0n) is 13.8. The molecule has 0 aromatic carbocycles. The van der Waals surface area contributed by atoms with Gasteiger partial charge in [0.15, 0.2) is 0 Å². The van der Waals surface area contributed by atoms with Crippen LogP contribution in [0.1, 0.15) is 59.8 Å². The summed E-state index contributed by atoms with van der Waals surface area (Å²) in [6, 6.07) is 0.430. The van der Waals surface area contributed by atoms with Gasteiger partial charge in [0.1, 0.15) is 5.54 Å². The number of carbonyl (C=O) groups is 1. The number of hydrogen-bond acceptors (Lipinski definition) is 3. The Hall–Kier alpha value is -0.610. The van der Waals surface area contributed by atoms with Crippen LogP contribution < -0.4 is 5.32 Å². The Morgan fingerprint density at radius 1 is 1.25 bits per heavy atom. The molecule has 1 saturated carbocycles. The standard InChI is InChI=1S/C16H32N2O2/c1-15(2,3)12-18(5)11-7-6-10-16(4,14(19)20)17-13-8-9-13/h13,17H,6-12H2,1-5H3,(H,19,20). The summed E-state index contributed by atoms with van der Waals surface area (Å²) in [5.74, 6) is -0.715. The van der Waals surface area contributed by atoms with Crippen molar-refractivity contribution < 1.29 is 9.90 Å². The minimum atomic E-state index is -0.746. The van der Waals surface area contributed by atoms with Crippen LogP contribution in [0.15, 0.2) is 0 Å². The van der Waals surface area contributed by atoms with E-state index in [1.807, 2.05) is 6.92 Å². The van der Waals surface area contributed by atoms with Gasteiger partial charge in [-0.15, -0.1) is 0 Å². The first-order valence-corrected chi connectivity index (χ1v) is 7.82. The first-order chi connectivity index (χ1) is 9.12. The van der Waals surface area contributed by atoms with E-state index in [-0.39, 0.29) is 0 Å². The van der Waals surface area contributed by atoms with E-state index in [2.05, 4.69) is 38.0 Å². The van der Waals surface area contributed by atoms with E-state index in [1.54, 1.807) is 0 Å². The van der Waals surface area contributed by atoms with Crippen LogP contribution >= 0.6 is 0 Å². The van der Waals surface area contributed by atoms with Crippen molar-refractivity contribution in [3.63, 3.8) is 0 Å². The molecule has 118 valence electrons. The number of nitrogens with zero attached hydrogens (tertiary/aromatic N) is 1. The molecule has 4 nitrogen and oxygen atoms in total. The Morgan fingerprint density at radius 3 is 2.30 bits per heavy atom. The highest BCUT2D eigenvalue weighted by atomic mass is 16.4. The smallest absolute Gasteiger partial charge is 0.323 e. The molecule has 1 aliphatic carbocycles. The average Bonchev–Trinajstić information content (AvgIpc) is 3.05.